The normalized spacial score (nSPS) is 18.5. The minimum atomic E-state index is -0.289. The van der Waals surface area contributed by atoms with Gasteiger partial charge >= 0.3 is 6.03 Å². The maximum Gasteiger partial charge on any atom is 0.320 e. The summed E-state index contributed by atoms with van der Waals surface area (Å²) in [4.78, 5) is 34.1. The van der Waals surface area contributed by atoms with Gasteiger partial charge in [-0.05, 0) is 37.0 Å². The average Bonchev–Trinajstić information content (AvgIpc) is 2.84. The third kappa shape index (κ3) is 5.05. The van der Waals surface area contributed by atoms with Crippen molar-refractivity contribution in [1.82, 2.24) is 20.1 Å². The third-order valence-electron chi connectivity index (χ3n) is 6.16. The molecule has 7 heteroatoms. The largest absolute Gasteiger partial charge is 0.378 e. The number of benzene rings is 1. The van der Waals surface area contributed by atoms with Gasteiger partial charge in [-0.3, -0.25) is 9.78 Å². The van der Waals surface area contributed by atoms with E-state index < -0.39 is 0 Å². The first-order valence-corrected chi connectivity index (χ1v) is 11.0. The van der Waals surface area contributed by atoms with Crippen molar-refractivity contribution in [2.24, 2.45) is 5.92 Å². The summed E-state index contributed by atoms with van der Waals surface area (Å²) in [5.41, 5.74) is 2.92. The molecule has 1 atom stereocenters. The number of likely N-dealkylation sites (tertiary alicyclic amines) is 1. The standard InChI is InChI=1S/C24H30N4O3/c1-18-6-5-11-25-21(18)22(19-7-3-2-4-8-19)26-23(29)20-9-12-27(13-10-20)24(30)28-14-16-31-17-15-28/h2-8,11,20,22H,9-10,12-17H2,1H3,(H,26,29). The SMILES string of the molecule is Cc1cccnc1C(NC(=O)C1CCN(C(=O)N2CCOCC2)CC1)c1ccccc1. The molecule has 0 radical (unpaired) electrons. The van der Waals surface area contributed by atoms with Crippen LogP contribution in [-0.4, -0.2) is 66.1 Å². The molecular weight excluding hydrogens is 392 g/mol. The number of hydrogen-bond acceptors (Lipinski definition) is 4. The number of pyridine rings is 1. The highest BCUT2D eigenvalue weighted by Crippen LogP contribution is 2.25. The van der Waals surface area contributed by atoms with Crippen LogP contribution in [0, 0.1) is 12.8 Å². The number of nitrogens with one attached hydrogen (secondary N) is 1. The summed E-state index contributed by atoms with van der Waals surface area (Å²) < 4.78 is 5.33. The van der Waals surface area contributed by atoms with Gasteiger partial charge in [0.1, 0.15) is 0 Å². The van der Waals surface area contributed by atoms with Gasteiger partial charge in [0, 0.05) is 38.3 Å². The second-order valence-electron chi connectivity index (χ2n) is 8.20. The van der Waals surface area contributed by atoms with Gasteiger partial charge < -0.3 is 19.9 Å². The number of piperidine rings is 1. The number of aromatic nitrogens is 1. The van der Waals surface area contributed by atoms with E-state index in [0.717, 1.165) is 16.8 Å². The van der Waals surface area contributed by atoms with Crippen LogP contribution < -0.4 is 5.32 Å². The second-order valence-corrected chi connectivity index (χ2v) is 8.20. The summed E-state index contributed by atoms with van der Waals surface area (Å²) >= 11 is 0. The number of ether oxygens (including phenoxy) is 1. The fourth-order valence-electron chi connectivity index (χ4n) is 4.30. The second kappa shape index (κ2) is 9.92. The number of rotatable bonds is 4. The van der Waals surface area contributed by atoms with Crippen molar-refractivity contribution in [2.45, 2.75) is 25.8 Å². The molecule has 1 aromatic carbocycles. The van der Waals surface area contributed by atoms with Gasteiger partial charge in [0.05, 0.1) is 24.9 Å². The van der Waals surface area contributed by atoms with Crippen LogP contribution in [0.1, 0.15) is 35.7 Å². The minimum Gasteiger partial charge on any atom is -0.378 e. The lowest BCUT2D eigenvalue weighted by Crippen LogP contribution is -2.51. The Bertz CT molecular complexity index is 891. The molecular formula is C24H30N4O3. The fraction of sp³-hybridized carbons (Fsp3) is 0.458. The molecule has 164 valence electrons. The topological polar surface area (TPSA) is 74.8 Å². The summed E-state index contributed by atoms with van der Waals surface area (Å²) in [5, 5.41) is 3.24. The van der Waals surface area contributed by atoms with E-state index in [0.29, 0.717) is 52.2 Å². The molecule has 2 aliphatic heterocycles. The summed E-state index contributed by atoms with van der Waals surface area (Å²) in [6, 6.07) is 13.6. The van der Waals surface area contributed by atoms with Crippen LogP contribution in [-0.2, 0) is 9.53 Å². The lowest BCUT2D eigenvalue weighted by molar-refractivity contribution is -0.126. The zero-order chi connectivity index (χ0) is 21.6. The van der Waals surface area contributed by atoms with Gasteiger partial charge in [-0.15, -0.1) is 0 Å². The Morgan fingerprint density at radius 3 is 2.35 bits per heavy atom. The van der Waals surface area contributed by atoms with Crippen molar-refractivity contribution in [2.75, 3.05) is 39.4 Å². The van der Waals surface area contributed by atoms with Gasteiger partial charge in [0.2, 0.25) is 5.91 Å². The van der Waals surface area contributed by atoms with Crippen LogP contribution in [0.4, 0.5) is 4.79 Å². The number of morpholine rings is 1. The molecule has 2 saturated heterocycles. The molecule has 1 N–H and O–H groups in total. The van der Waals surface area contributed by atoms with E-state index in [1.165, 1.54) is 0 Å². The summed E-state index contributed by atoms with van der Waals surface area (Å²) in [7, 11) is 0. The first kappa shape index (κ1) is 21.3. The predicted octanol–water partition coefficient (Wildman–Crippen LogP) is 2.76. The van der Waals surface area contributed by atoms with Crippen molar-refractivity contribution in [3.63, 3.8) is 0 Å². The van der Waals surface area contributed by atoms with Gasteiger partial charge in [-0.1, -0.05) is 36.4 Å². The van der Waals surface area contributed by atoms with Crippen LogP contribution in [0.3, 0.4) is 0 Å². The number of nitrogens with zero attached hydrogens (tertiary/aromatic N) is 3. The van der Waals surface area contributed by atoms with Crippen LogP contribution >= 0.6 is 0 Å². The monoisotopic (exact) mass is 422 g/mol. The van der Waals surface area contributed by atoms with Crippen LogP contribution in [0.25, 0.3) is 0 Å². The van der Waals surface area contributed by atoms with Gasteiger partial charge in [-0.2, -0.15) is 0 Å². The lowest BCUT2D eigenvalue weighted by atomic mass is 9.94. The van der Waals surface area contributed by atoms with Crippen molar-refractivity contribution < 1.29 is 14.3 Å². The van der Waals surface area contributed by atoms with E-state index in [9.17, 15) is 9.59 Å². The Morgan fingerprint density at radius 2 is 1.68 bits per heavy atom. The molecule has 3 heterocycles. The quantitative estimate of drug-likeness (QED) is 0.822. The van der Waals surface area contributed by atoms with Crippen molar-refractivity contribution in [3.05, 3.63) is 65.5 Å². The Kier molecular flexibility index (Phi) is 6.82. The Labute approximate surface area is 183 Å². The first-order chi connectivity index (χ1) is 15.1. The molecule has 7 nitrogen and oxygen atoms in total. The summed E-state index contributed by atoms with van der Waals surface area (Å²) in [6.45, 7) is 5.69. The highest BCUT2D eigenvalue weighted by molar-refractivity contribution is 5.80. The van der Waals surface area contributed by atoms with E-state index in [1.54, 1.807) is 6.20 Å². The van der Waals surface area contributed by atoms with Crippen LogP contribution in [0.2, 0.25) is 0 Å². The van der Waals surface area contributed by atoms with Crippen LogP contribution in [0.5, 0.6) is 0 Å². The fourth-order valence-corrected chi connectivity index (χ4v) is 4.30. The zero-order valence-corrected chi connectivity index (χ0v) is 18.0. The van der Waals surface area contributed by atoms with E-state index in [1.807, 2.05) is 59.2 Å². The maximum absolute atomic E-state index is 13.2. The molecule has 1 unspecified atom stereocenters. The van der Waals surface area contributed by atoms with E-state index >= 15 is 0 Å². The Balaban J connectivity index is 1.40. The van der Waals surface area contributed by atoms with E-state index in [-0.39, 0.29) is 23.9 Å². The Hall–Kier alpha value is -2.93. The predicted molar refractivity (Wildman–Crippen MR) is 117 cm³/mol. The molecule has 4 rings (SSSR count). The molecule has 0 spiro atoms. The molecule has 0 aliphatic carbocycles. The van der Waals surface area contributed by atoms with E-state index in [4.69, 9.17) is 4.74 Å². The van der Waals surface area contributed by atoms with Crippen LogP contribution in [0.15, 0.2) is 48.7 Å². The molecule has 0 bridgehead atoms. The average molecular weight is 423 g/mol. The summed E-state index contributed by atoms with van der Waals surface area (Å²) in [6.07, 6.45) is 3.11. The van der Waals surface area contributed by atoms with Crippen molar-refractivity contribution in [1.29, 1.82) is 0 Å². The van der Waals surface area contributed by atoms with E-state index in [2.05, 4.69) is 10.3 Å². The molecule has 3 amide bonds. The summed E-state index contributed by atoms with van der Waals surface area (Å²) in [5.74, 6) is -0.0821. The highest BCUT2D eigenvalue weighted by atomic mass is 16.5. The molecule has 1 aromatic heterocycles. The van der Waals surface area contributed by atoms with Crippen molar-refractivity contribution >= 4 is 11.9 Å². The maximum atomic E-state index is 13.2. The zero-order valence-electron chi connectivity index (χ0n) is 18.0. The number of urea groups is 1. The third-order valence-corrected chi connectivity index (χ3v) is 6.16. The first-order valence-electron chi connectivity index (χ1n) is 11.0. The van der Waals surface area contributed by atoms with Gasteiger partial charge in [-0.25, -0.2) is 4.79 Å². The minimum absolute atomic E-state index is 0.0253. The number of hydrogen-bond donors (Lipinski definition) is 1. The van der Waals surface area contributed by atoms with Crippen molar-refractivity contribution in [3.8, 4) is 0 Å². The lowest BCUT2D eigenvalue weighted by Gasteiger charge is -2.37. The molecule has 2 aromatic rings. The number of amides is 3. The highest BCUT2D eigenvalue weighted by Gasteiger charge is 2.31. The number of carbonyl (C=O) groups is 2. The van der Waals surface area contributed by atoms with Gasteiger partial charge in [0.15, 0.2) is 0 Å². The number of carbonyl (C=O) groups excluding carboxylic acids is 2. The Morgan fingerprint density at radius 1 is 1.00 bits per heavy atom. The molecule has 0 saturated carbocycles. The number of aryl methyl sites for hydroxylation is 1. The molecule has 2 fully saturated rings. The smallest absolute Gasteiger partial charge is 0.320 e. The molecule has 2 aliphatic rings. The van der Waals surface area contributed by atoms with Gasteiger partial charge in [0.25, 0.3) is 0 Å². The molecule has 31 heavy (non-hydrogen) atoms.